The van der Waals surface area contributed by atoms with Crippen LogP contribution in [0.5, 0.6) is 0 Å². The molecule has 0 aromatic heterocycles. The molecule has 108 heavy (non-hydrogen) atoms. The Morgan fingerprint density at radius 3 is 0.861 bits per heavy atom. The molecule has 0 aromatic rings. The van der Waals surface area contributed by atoms with Crippen LogP contribution < -0.4 is 0 Å². The van der Waals surface area contributed by atoms with E-state index in [9.17, 15) is 43.2 Å². The van der Waals surface area contributed by atoms with E-state index in [0.29, 0.717) is 25.7 Å². The maximum Gasteiger partial charge on any atom is 0.472 e. The number of carbonyl (C=O) groups is 4. The maximum atomic E-state index is 13.1. The van der Waals surface area contributed by atoms with Crippen LogP contribution in [-0.2, 0) is 65.4 Å². The van der Waals surface area contributed by atoms with Crippen LogP contribution in [-0.4, -0.2) is 96.7 Å². The van der Waals surface area contributed by atoms with E-state index in [2.05, 4.69) is 174 Å². The lowest BCUT2D eigenvalue weighted by Gasteiger charge is -2.21. The predicted molar refractivity (Wildman–Crippen MR) is 445 cm³/mol. The van der Waals surface area contributed by atoms with Crippen LogP contribution in [0.3, 0.4) is 0 Å². The summed E-state index contributed by atoms with van der Waals surface area (Å²) in [4.78, 5) is 73.0. The van der Waals surface area contributed by atoms with E-state index in [1.165, 1.54) is 38.5 Å². The van der Waals surface area contributed by atoms with Crippen LogP contribution >= 0.6 is 15.6 Å². The Labute approximate surface area is 653 Å². The molecule has 5 unspecified atom stereocenters. The van der Waals surface area contributed by atoms with Gasteiger partial charge in [0.2, 0.25) is 0 Å². The Bertz CT molecular complexity index is 2810. The largest absolute Gasteiger partial charge is 0.472 e. The Balaban J connectivity index is 5.54. The minimum atomic E-state index is -5.03. The topological polar surface area (TPSA) is 237 Å². The van der Waals surface area contributed by atoms with Gasteiger partial charge in [0, 0.05) is 12.8 Å². The number of phosphoric acid groups is 2. The van der Waals surface area contributed by atoms with E-state index in [1.54, 1.807) is 18.2 Å². The summed E-state index contributed by atoms with van der Waals surface area (Å²) in [5, 5.41) is 10.6. The number of hydrogen-bond donors (Lipinski definition) is 3. The first kappa shape index (κ1) is 102. The molecule has 0 aliphatic carbocycles. The normalized spacial score (nSPS) is 14.8. The van der Waals surface area contributed by atoms with Crippen molar-refractivity contribution in [2.75, 3.05) is 39.6 Å². The Morgan fingerprint density at radius 2 is 0.528 bits per heavy atom. The van der Waals surface area contributed by atoms with Crippen LogP contribution in [0, 0.1) is 0 Å². The number of aliphatic hydroxyl groups is 1. The molecule has 0 aromatic carbocycles. The lowest BCUT2D eigenvalue weighted by atomic mass is 10.1. The molecule has 0 fully saturated rings. The quantitative estimate of drug-likeness (QED) is 0.0169. The summed E-state index contributed by atoms with van der Waals surface area (Å²) in [5.41, 5.74) is 0. The number of phosphoric ester groups is 2. The van der Waals surface area contributed by atoms with E-state index in [1.807, 2.05) is 30.4 Å². The molecule has 17 nitrogen and oxygen atoms in total. The average molecular weight is 1550 g/mol. The van der Waals surface area contributed by atoms with E-state index in [0.717, 1.165) is 167 Å². The van der Waals surface area contributed by atoms with Gasteiger partial charge in [-0.25, -0.2) is 9.13 Å². The fourth-order valence-corrected chi connectivity index (χ4v) is 11.5. The number of rotatable bonds is 74. The van der Waals surface area contributed by atoms with E-state index < -0.39 is 97.5 Å². The monoisotopic (exact) mass is 1540 g/mol. The summed E-state index contributed by atoms with van der Waals surface area (Å²) in [6, 6.07) is 0. The standard InChI is InChI=1S/C89H142O17P2/c1-5-9-13-17-21-25-29-33-37-39-41-43-47-50-54-58-62-66-70-74-87(92)100-80-85(106-89(94)76-72-68-64-60-56-52-48-44-42-40-38-34-30-26-22-18-14-10-6-2)82-104-108(97,98)102-78-83(90)77-101-107(95,96)103-81-84(105-88(93)75-71-67-63-59-55-51-46-36-32-28-24-20-16-12-8-4)79-99-86(91)73-69-65-61-57-53-49-45-35-31-27-23-19-15-11-7-3/h11-12,15-16,21-28,33-38,41-46,53,55,57,59,65,67,69,71,83-85,90H,5-10,13-14,17-20,29-32,39-40,47-52,54,56,58,60-64,66,68,70,72-82H2,1-4H3,(H,95,96)(H,97,98)/b15-11-,16-12-,25-21-,26-22-,27-23-,28-24-,37-33-,38-34-,43-41-,44-42-,45-35-,46-36-,57-53-,59-55-,69-65-,71-67-. The van der Waals surface area contributed by atoms with Crippen molar-refractivity contribution in [2.45, 2.75) is 303 Å². The van der Waals surface area contributed by atoms with Crippen LogP contribution in [0.25, 0.3) is 0 Å². The Hall–Kier alpha value is -6.10. The molecule has 19 heteroatoms. The average Bonchev–Trinajstić information content (AvgIpc) is 0.899. The molecule has 0 saturated heterocycles. The number of hydrogen-bond acceptors (Lipinski definition) is 15. The fraction of sp³-hybridized carbons (Fsp3) is 0.596. The zero-order valence-corrected chi connectivity index (χ0v) is 68.5. The molecule has 0 radical (unpaired) electrons. The molecule has 0 spiro atoms. The second-order valence-electron chi connectivity index (χ2n) is 26.3. The molecule has 0 rings (SSSR count). The highest BCUT2D eigenvalue weighted by atomic mass is 31.2. The van der Waals surface area contributed by atoms with E-state index >= 15 is 0 Å². The summed E-state index contributed by atoms with van der Waals surface area (Å²) in [6.07, 6.45) is 97.5. The van der Waals surface area contributed by atoms with Gasteiger partial charge in [-0.2, -0.15) is 0 Å². The number of esters is 4. The van der Waals surface area contributed by atoms with Gasteiger partial charge in [-0.1, -0.05) is 299 Å². The van der Waals surface area contributed by atoms with Crippen molar-refractivity contribution in [3.8, 4) is 0 Å². The number of aliphatic hydroxyl groups excluding tert-OH is 1. The first-order valence-corrected chi connectivity index (χ1v) is 43.7. The second-order valence-corrected chi connectivity index (χ2v) is 29.2. The van der Waals surface area contributed by atoms with Crippen molar-refractivity contribution in [1.29, 1.82) is 0 Å². The van der Waals surface area contributed by atoms with E-state index in [4.69, 9.17) is 37.0 Å². The first-order valence-electron chi connectivity index (χ1n) is 40.7. The van der Waals surface area contributed by atoms with Gasteiger partial charge in [0.15, 0.2) is 12.2 Å². The Kier molecular flexibility index (Phi) is 74.5. The third-order valence-electron chi connectivity index (χ3n) is 16.1. The lowest BCUT2D eigenvalue weighted by molar-refractivity contribution is -0.161. The molecule has 0 bridgehead atoms. The highest BCUT2D eigenvalue weighted by Crippen LogP contribution is 2.45. The summed E-state index contributed by atoms with van der Waals surface area (Å²) < 4.78 is 68.4. The summed E-state index contributed by atoms with van der Waals surface area (Å²) in [7, 11) is -10.0. The van der Waals surface area contributed by atoms with Crippen LogP contribution in [0.1, 0.15) is 285 Å². The first-order chi connectivity index (χ1) is 52.7. The van der Waals surface area contributed by atoms with Gasteiger partial charge in [0.05, 0.1) is 39.3 Å². The predicted octanol–water partition coefficient (Wildman–Crippen LogP) is 24.1. The van der Waals surface area contributed by atoms with Crippen LogP contribution in [0.4, 0.5) is 0 Å². The number of ether oxygens (including phenoxy) is 4. The molecule has 0 aliphatic rings. The molecule has 610 valence electrons. The molecule has 5 atom stereocenters. The zero-order chi connectivity index (χ0) is 78.9. The van der Waals surface area contributed by atoms with Gasteiger partial charge in [0.1, 0.15) is 19.3 Å². The number of unbranched alkanes of at least 4 members (excludes halogenated alkanes) is 18. The smallest absolute Gasteiger partial charge is 0.462 e. The van der Waals surface area contributed by atoms with Gasteiger partial charge < -0.3 is 33.8 Å². The minimum Gasteiger partial charge on any atom is -0.462 e. The summed E-state index contributed by atoms with van der Waals surface area (Å²) in [5.74, 6) is -2.52. The SMILES string of the molecule is CC/C=C\C/C=C\C/C=C\C/C=C\C/C=C\CC(=O)OCC(COP(=O)(O)OCC(O)COP(=O)(O)OCC(COC(=O)CCCCCCCC/C=C\C/C=C\C/C=C\CCCCC)OC(=O)CCCCCCCC/C=C\C/C=C\C/C=C\CCCCC)OC(=O)C/C=C\C/C=C\C/C=C\C/C=C\C/C=C\CC. The van der Waals surface area contributed by atoms with Crippen molar-refractivity contribution in [3.05, 3.63) is 194 Å². The molecular weight excluding hydrogens is 1400 g/mol. The lowest BCUT2D eigenvalue weighted by Crippen LogP contribution is -2.30. The maximum absolute atomic E-state index is 13.1. The molecule has 0 saturated carbocycles. The van der Waals surface area contributed by atoms with Gasteiger partial charge >= 0.3 is 39.5 Å². The highest BCUT2D eigenvalue weighted by molar-refractivity contribution is 7.47. The second kappa shape index (κ2) is 79.0. The molecular formula is C89H142O17P2. The van der Waals surface area contributed by atoms with Crippen molar-refractivity contribution >= 4 is 39.5 Å². The van der Waals surface area contributed by atoms with Crippen molar-refractivity contribution in [1.82, 2.24) is 0 Å². The third kappa shape index (κ3) is 78.0. The Morgan fingerprint density at radius 1 is 0.278 bits per heavy atom. The van der Waals surface area contributed by atoms with Gasteiger partial charge in [0.25, 0.3) is 0 Å². The third-order valence-corrected chi connectivity index (χ3v) is 18.0. The minimum absolute atomic E-state index is 0.0652. The molecule has 3 N–H and O–H groups in total. The van der Waals surface area contributed by atoms with Crippen molar-refractivity contribution in [2.24, 2.45) is 0 Å². The van der Waals surface area contributed by atoms with Crippen LogP contribution in [0.2, 0.25) is 0 Å². The fourth-order valence-electron chi connectivity index (χ4n) is 9.97. The van der Waals surface area contributed by atoms with Gasteiger partial charge in [-0.3, -0.25) is 37.3 Å². The van der Waals surface area contributed by atoms with Crippen LogP contribution in [0.15, 0.2) is 194 Å². The molecule has 0 heterocycles. The number of carbonyl (C=O) groups excluding carboxylic acids is 4. The van der Waals surface area contributed by atoms with Gasteiger partial charge in [-0.05, 0) is 154 Å². The van der Waals surface area contributed by atoms with E-state index in [-0.39, 0.29) is 25.7 Å². The number of allylic oxidation sites excluding steroid dienone is 30. The zero-order valence-electron chi connectivity index (χ0n) is 66.7. The highest BCUT2D eigenvalue weighted by Gasteiger charge is 2.30. The van der Waals surface area contributed by atoms with Crippen molar-refractivity contribution < 1.29 is 80.2 Å². The summed E-state index contributed by atoms with van der Waals surface area (Å²) in [6.45, 7) is 4.31. The van der Waals surface area contributed by atoms with Crippen molar-refractivity contribution in [3.63, 3.8) is 0 Å². The molecule has 0 aliphatic heterocycles. The molecule has 0 amide bonds. The van der Waals surface area contributed by atoms with Gasteiger partial charge in [-0.15, -0.1) is 0 Å². The summed E-state index contributed by atoms with van der Waals surface area (Å²) >= 11 is 0.